The van der Waals surface area contributed by atoms with E-state index < -0.39 is 23.9 Å². The van der Waals surface area contributed by atoms with Gasteiger partial charge in [0.25, 0.3) is 0 Å². The highest BCUT2D eigenvalue weighted by atomic mass is 16.5. The van der Waals surface area contributed by atoms with Crippen LogP contribution in [0.2, 0.25) is 0 Å². The van der Waals surface area contributed by atoms with Crippen molar-refractivity contribution in [3.8, 4) is 0 Å². The Bertz CT molecular complexity index is 180. The zero-order valence-corrected chi connectivity index (χ0v) is 7.11. The van der Waals surface area contributed by atoms with Crippen LogP contribution in [0.5, 0.6) is 0 Å². The summed E-state index contributed by atoms with van der Waals surface area (Å²) >= 11 is 0. The van der Waals surface area contributed by atoms with Gasteiger partial charge in [-0.15, -0.1) is 0 Å². The van der Waals surface area contributed by atoms with E-state index in [2.05, 4.69) is 4.74 Å². The smallest absolute Gasteiger partial charge is 0.320 e. The summed E-state index contributed by atoms with van der Waals surface area (Å²) in [5, 5.41) is 8.41. The van der Waals surface area contributed by atoms with Crippen molar-refractivity contribution < 1.29 is 19.4 Å². The quantitative estimate of drug-likeness (QED) is 0.567. The lowest BCUT2D eigenvalue weighted by atomic mass is 10.0. The van der Waals surface area contributed by atoms with Gasteiger partial charge >= 0.3 is 11.9 Å². The predicted molar refractivity (Wildman–Crippen MR) is 41.4 cm³/mol. The van der Waals surface area contributed by atoms with Gasteiger partial charge in [0.15, 0.2) is 0 Å². The van der Waals surface area contributed by atoms with Crippen molar-refractivity contribution in [3.05, 3.63) is 0 Å². The molecular weight excluding hydrogens is 162 g/mol. The first-order valence-corrected chi connectivity index (χ1v) is 3.55. The zero-order chi connectivity index (χ0) is 9.72. The molecule has 0 amide bonds. The first kappa shape index (κ1) is 10.9. The fourth-order valence-electron chi connectivity index (χ4n) is 0.779. The third kappa shape index (κ3) is 3.34. The Hall–Kier alpha value is -1.10. The number of hydrogen-bond donors (Lipinski definition) is 2. The molecule has 0 saturated carbocycles. The van der Waals surface area contributed by atoms with Crippen LogP contribution in [0.4, 0.5) is 0 Å². The lowest BCUT2D eigenvalue weighted by molar-refractivity contribution is -0.146. The van der Waals surface area contributed by atoms with Crippen LogP contribution in [-0.2, 0) is 14.3 Å². The second-order valence-electron chi connectivity index (χ2n) is 2.60. The molecular formula is C7H13NO4. The Balaban J connectivity index is 3.91. The van der Waals surface area contributed by atoms with Crippen LogP contribution in [0.1, 0.15) is 13.3 Å². The minimum Gasteiger partial charge on any atom is -0.480 e. The SMILES string of the molecule is COC(=O)C(C)C[C@H](N)C(=O)O. The molecule has 5 nitrogen and oxygen atoms in total. The lowest BCUT2D eigenvalue weighted by Crippen LogP contribution is -2.33. The number of ether oxygens (including phenoxy) is 1. The molecule has 0 aliphatic rings. The zero-order valence-electron chi connectivity index (χ0n) is 7.11. The van der Waals surface area contributed by atoms with Crippen LogP contribution < -0.4 is 5.73 Å². The van der Waals surface area contributed by atoms with E-state index in [1.165, 1.54) is 7.11 Å². The normalized spacial score (nSPS) is 14.9. The van der Waals surface area contributed by atoms with Gasteiger partial charge in [-0.05, 0) is 6.42 Å². The summed E-state index contributed by atoms with van der Waals surface area (Å²) in [6.45, 7) is 1.58. The maximum absolute atomic E-state index is 10.8. The third-order valence-corrected chi connectivity index (χ3v) is 1.53. The van der Waals surface area contributed by atoms with Gasteiger partial charge in [-0.3, -0.25) is 9.59 Å². The summed E-state index contributed by atoms with van der Waals surface area (Å²) in [6.07, 6.45) is 0.0992. The number of carbonyl (C=O) groups excluding carboxylic acids is 1. The molecule has 0 fully saturated rings. The molecule has 1 unspecified atom stereocenters. The number of esters is 1. The monoisotopic (exact) mass is 175 g/mol. The van der Waals surface area contributed by atoms with Crippen LogP contribution in [-0.4, -0.2) is 30.2 Å². The summed E-state index contributed by atoms with van der Waals surface area (Å²) in [5.74, 6) is -2.02. The number of carboxylic acids is 1. The van der Waals surface area contributed by atoms with E-state index in [9.17, 15) is 9.59 Å². The van der Waals surface area contributed by atoms with E-state index in [-0.39, 0.29) is 6.42 Å². The molecule has 70 valence electrons. The Morgan fingerprint density at radius 3 is 2.42 bits per heavy atom. The lowest BCUT2D eigenvalue weighted by Gasteiger charge is -2.11. The maximum atomic E-state index is 10.8. The van der Waals surface area contributed by atoms with E-state index in [0.717, 1.165) is 0 Å². The Kier molecular flexibility index (Phi) is 4.28. The minimum absolute atomic E-state index is 0.0992. The Morgan fingerprint density at radius 2 is 2.08 bits per heavy atom. The van der Waals surface area contributed by atoms with Crippen molar-refractivity contribution in [1.82, 2.24) is 0 Å². The predicted octanol–water partition coefficient (Wildman–Crippen LogP) is -0.402. The largest absolute Gasteiger partial charge is 0.480 e. The van der Waals surface area contributed by atoms with Crippen LogP contribution in [0.3, 0.4) is 0 Å². The standard InChI is InChI=1S/C7H13NO4/c1-4(7(11)12-2)3-5(8)6(9)10/h4-5H,3,8H2,1-2H3,(H,9,10)/t4?,5-/m0/s1. The summed E-state index contributed by atoms with van der Waals surface area (Å²) in [4.78, 5) is 21.1. The molecule has 0 aromatic carbocycles. The van der Waals surface area contributed by atoms with Gasteiger partial charge in [0, 0.05) is 0 Å². The maximum Gasteiger partial charge on any atom is 0.320 e. The summed E-state index contributed by atoms with van der Waals surface area (Å²) in [5.41, 5.74) is 5.20. The first-order valence-electron chi connectivity index (χ1n) is 3.55. The number of aliphatic carboxylic acids is 1. The van der Waals surface area contributed by atoms with E-state index in [1.807, 2.05) is 0 Å². The first-order chi connectivity index (χ1) is 5.49. The number of nitrogens with two attached hydrogens (primary N) is 1. The molecule has 0 rings (SSSR count). The van der Waals surface area contributed by atoms with Crippen LogP contribution in [0, 0.1) is 5.92 Å². The minimum atomic E-state index is -1.11. The molecule has 3 N–H and O–H groups in total. The van der Waals surface area contributed by atoms with Gasteiger partial charge < -0.3 is 15.6 Å². The average molecular weight is 175 g/mol. The third-order valence-electron chi connectivity index (χ3n) is 1.53. The molecule has 0 radical (unpaired) electrons. The molecule has 0 saturated heterocycles. The molecule has 0 bridgehead atoms. The molecule has 2 atom stereocenters. The van der Waals surface area contributed by atoms with Crippen molar-refractivity contribution in [3.63, 3.8) is 0 Å². The van der Waals surface area contributed by atoms with Gasteiger partial charge in [0.05, 0.1) is 13.0 Å². The number of carbonyl (C=O) groups is 2. The summed E-state index contributed by atoms with van der Waals surface area (Å²) in [7, 11) is 1.26. The number of methoxy groups -OCH3 is 1. The topological polar surface area (TPSA) is 89.6 Å². The van der Waals surface area contributed by atoms with Crippen LogP contribution >= 0.6 is 0 Å². The molecule has 5 heteroatoms. The average Bonchev–Trinajstić information content (AvgIpc) is 2.02. The van der Waals surface area contributed by atoms with Gasteiger partial charge in [-0.25, -0.2) is 0 Å². The van der Waals surface area contributed by atoms with Gasteiger partial charge in [0.2, 0.25) is 0 Å². The van der Waals surface area contributed by atoms with E-state index in [4.69, 9.17) is 10.8 Å². The van der Waals surface area contributed by atoms with Gasteiger partial charge in [-0.1, -0.05) is 6.92 Å². The highest BCUT2D eigenvalue weighted by Crippen LogP contribution is 2.06. The van der Waals surface area contributed by atoms with Crippen molar-refractivity contribution >= 4 is 11.9 Å². The van der Waals surface area contributed by atoms with Crippen molar-refractivity contribution in [2.75, 3.05) is 7.11 Å². The Labute approximate surface area is 70.5 Å². The number of carboxylic acid groups (broad SMARTS) is 1. The highest BCUT2D eigenvalue weighted by Gasteiger charge is 2.20. The Morgan fingerprint density at radius 1 is 1.58 bits per heavy atom. The fraction of sp³-hybridized carbons (Fsp3) is 0.714. The van der Waals surface area contributed by atoms with Gasteiger partial charge in [-0.2, -0.15) is 0 Å². The van der Waals surface area contributed by atoms with E-state index in [0.29, 0.717) is 0 Å². The molecule has 0 aromatic heterocycles. The summed E-state index contributed by atoms with van der Waals surface area (Å²) in [6, 6.07) is -1.00. The number of rotatable bonds is 4. The molecule has 0 aliphatic heterocycles. The van der Waals surface area contributed by atoms with Crippen molar-refractivity contribution in [1.29, 1.82) is 0 Å². The van der Waals surface area contributed by atoms with Crippen LogP contribution in [0.25, 0.3) is 0 Å². The van der Waals surface area contributed by atoms with E-state index >= 15 is 0 Å². The van der Waals surface area contributed by atoms with Crippen molar-refractivity contribution in [2.24, 2.45) is 11.7 Å². The molecule has 0 spiro atoms. The second kappa shape index (κ2) is 4.71. The second-order valence-corrected chi connectivity index (χ2v) is 2.60. The fourth-order valence-corrected chi connectivity index (χ4v) is 0.779. The molecule has 0 aliphatic carbocycles. The highest BCUT2D eigenvalue weighted by molar-refractivity contribution is 5.76. The van der Waals surface area contributed by atoms with Crippen molar-refractivity contribution in [2.45, 2.75) is 19.4 Å². The number of hydrogen-bond acceptors (Lipinski definition) is 4. The van der Waals surface area contributed by atoms with Crippen LogP contribution in [0.15, 0.2) is 0 Å². The molecule has 12 heavy (non-hydrogen) atoms. The molecule has 0 aromatic rings. The molecule has 0 heterocycles. The summed E-state index contributed by atoms with van der Waals surface area (Å²) < 4.78 is 4.41. The van der Waals surface area contributed by atoms with Gasteiger partial charge in [0.1, 0.15) is 6.04 Å². The van der Waals surface area contributed by atoms with E-state index in [1.54, 1.807) is 6.92 Å².